The van der Waals surface area contributed by atoms with Crippen molar-refractivity contribution in [2.45, 2.75) is 26.2 Å². The summed E-state index contributed by atoms with van der Waals surface area (Å²) in [4.78, 5) is 12.0. The van der Waals surface area contributed by atoms with Gasteiger partial charge in [-0.3, -0.25) is 4.79 Å². The van der Waals surface area contributed by atoms with E-state index < -0.39 is 9.84 Å². The predicted molar refractivity (Wildman–Crippen MR) is 79.5 cm³/mol. The van der Waals surface area contributed by atoms with E-state index in [0.29, 0.717) is 23.6 Å². The van der Waals surface area contributed by atoms with Crippen LogP contribution in [0, 0.1) is 12.8 Å². The van der Waals surface area contributed by atoms with Gasteiger partial charge in [-0.1, -0.05) is 18.2 Å². The fraction of sp³-hybridized carbons (Fsp3) is 0.533. The molecular formula is C15H21NO3S. The summed E-state index contributed by atoms with van der Waals surface area (Å²) in [5.74, 6) is 0.865. The first-order valence-corrected chi connectivity index (χ1v) is 8.84. The van der Waals surface area contributed by atoms with Crippen LogP contribution in [0.2, 0.25) is 0 Å². The van der Waals surface area contributed by atoms with Crippen molar-refractivity contribution < 1.29 is 13.2 Å². The van der Waals surface area contributed by atoms with E-state index >= 15 is 0 Å². The van der Waals surface area contributed by atoms with E-state index in [9.17, 15) is 13.2 Å². The molecule has 1 unspecified atom stereocenters. The van der Waals surface area contributed by atoms with Gasteiger partial charge in [0.05, 0.1) is 11.5 Å². The molecule has 1 atom stereocenters. The largest absolute Gasteiger partial charge is 0.352 e. The average Bonchev–Trinajstić information content (AvgIpc) is 2.74. The molecule has 0 spiro atoms. The first-order valence-electron chi connectivity index (χ1n) is 7.02. The highest BCUT2D eigenvalue weighted by Gasteiger charge is 2.27. The number of hydrogen-bond acceptors (Lipinski definition) is 3. The molecule has 0 aliphatic carbocycles. The summed E-state index contributed by atoms with van der Waals surface area (Å²) in [6.45, 7) is 2.52. The lowest BCUT2D eigenvalue weighted by Gasteiger charge is -2.09. The van der Waals surface area contributed by atoms with Crippen molar-refractivity contribution in [3.63, 3.8) is 0 Å². The lowest BCUT2D eigenvalue weighted by molar-refractivity contribution is 0.0952. The fourth-order valence-corrected chi connectivity index (χ4v) is 4.53. The van der Waals surface area contributed by atoms with Crippen LogP contribution in [-0.4, -0.2) is 32.4 Å². The Labute approximate surface area is 120 Å². The molecule has 110 valence electrons. The van der Waals surface area contributed by atoms with Crippen molar-refractivity contribution in [2.75, 3.05) is 18.1 Å². The summed E-state index contributed by atoms with van der Waals surface area (Å²) < 4.78 is 22.7. The maximum atomic E-state index is 12.0. The fourth-order valence-electron chi connectivity index (χ4n) is 2.62. The van der Waals surface area contributed by atoms with Crippen LogP contribution in [0.4, 0.5) is 0 Å². The molecule has 0 radical (unpaired) electrons. The molecule has 1 N–H and O–H groups in total. The van der Waals surface area contributed by atoms with Crippen LogP contribution in [0.1, 0.15) is 35.2 Å². The van der Waals surface area contributed by atoms with E-state index in [1.54, 1.807) is 0 Å². The van der Waals surface area contributed by atoms with Gasteiger partial charge in [-0.2, -0.15) is 0 Å². The van der Waals surface area contributed by atoms with Crippen molar-refractivity contribution in [1.82, 2.24) is 5.32 Å². The van der Waals surface area contributed by atoms with Gasteiger partial charge < -0.3 is 5.32 Å². The van der Waals surface area contributed by atoms with Gasteiger partial charge in [-0.25, -0.2) is 8.42 Å². The summed E-state index contributed by atoms with van der Waals surface area (Å²) in [5, 5.41) is 2.90. The van der Waals surface area contributed by atoms with Gasteiger partial charge in [-0.15, -0.1) is 0 Å². The van der Waals surface area contributed by atoms with Crippen LogP contribution in [0.5, 0.6) is 0 Å². The van der Waals surface area contributed by atoms with Crippen LogP contribution in [0.15, 0.2) is 24.3 Å². The van der Waals surface area contributed by atoms with Gasteiger partial charge in [-0.05, 0) is 43.7 Å². The van der Waals surface area contributed by atoms with E-state index in [-0.39, 0.29) is 11.8 Å². The molecule has 1 fully saturated rings. The minimum absolute atomic E-state index is 0.0536. The van der Waals surface area contributed by atoms with Gasteiger partial charge in [0, 0.05) is 12.1 Å². The number of carbonyl (C=O) groups excluding carboxylic acids is 1. The van der Waals surface area contributed by atoms with Gasteiger partial charge in [0.2, 0.25) is 0 Å². The quantitative estimate of drug-likeness (QED) is 0.844. The lowest BCUT2D eigenvalue weighted by Crippen LogP contribution is -2.25. The number of aryl methyl sites for hydroxylation is 1. The molecule has 4 nitrogen and oxygen atoms in total. The molecule has 0 aromatic heterocycles. The zero-order valence-corrected chi connectivity index (χ0v) is 12.6. The number of rotatable bonds is 5. The van der Waals surface area contributed by atoms with Gasteiger partial charge in [0.15, 0.2) is 9.84 Å². The Morgan fingerprint density at radius 2 is 2.10 bits per heavy atom. The molecule has 0 bridgehead atoms. The van der Waals surface area contributed by atoms with Gasteiger partial charge in [0.25, 0.3) is 5.91 Å². The summed E-state index contributed by atoms with van der Waals surface area (Å²) in [7, 11) is -2.78. The smallest absolute Gasteiger partial charge is 0.251 e. The third-order valence-electron chi connectivity index (χ3n) is 3.79. The summed E-state index contributed by atoms with van der Waals surface area (Å²) in [6, 6.07) is 7.49. The Morgan fingerprint density at radius 3 is 2.75 bits per heavy atom. The van der Waals surface area contributed by atoms with E-state index in [0.717, 1.165) is 24.8 Å². The summed E-state index contributed by atoms with van der Waals surface area (Å²) >= 11 is 0. The van der Waals surface area contributed by atoms with Gasteiger partial charge in [0.1, 0.15) is 0 Å². The van der Waals surface area contributed by atoms with Crippen LogP contribution < -0.4 is 5.32 Å². The highest BCUT2D eigenvalue weighted by molar-refractivity contribution is 7.91. The molecule has 1 amide bonds. The molecule has 2 rings (SSSR count). The molecule has 1 aromatic rings. The Hall–Kier alpha value is -1.36. The van der Waals surface area contributed by atoms with Crippen LogP contribution >= 0.6 is 0 Å². The number of hydrogen-bond donors (Lipinski definition) is 1. The molecular weight excluding hydrogens is 274 g/mol. The Morgan fingerprint density at radius 1 is 1.35 bits per heavy atom. The highest BCUT2D eigenvalue weighted by atomic mass is 32.2. The highest BCUT2D eigenvalue weighted by Crippen LogP contribution is 2.22. The third kappa shape index (κ3) is 4.07. The van der Waals surface area contributed by atoms with E-state index in [1.807, 2.05) is 31.2 Å². The van der Waals surface area contributed by atoms with Crippen LogP contribution in [0.25, 0.3) is 0 Å². The van der Waals surface area contributed by atoms with Gasteiger partial charge >= 0.3 is 0 Å². The molecule has 1 aliphatic heterocycles. The minimum Gasteiger partial charge on any atom is -0.352 e. The number of amides is 1. The topological polar surface area (TPSA) is 63.2 Å². The second-order valence-corrected chi connectivity index (χ2v) is 7.71. The lowest BCUT2D eigenvalue weighted by atomic mass is 10.0. The first kappa shape index (κ1) is 15.0. The van der Waals surface area contributed by atoms with Crippen molar-refractivity contribution in [3.8, 4) is 0 Å². The maximum Gasteiger partial charge on any atom is 0.251 e. The van der Waals surface area contributed by atoms with Crippen LogP contribution in [-0.2, 0) is 9.84 Å². The second kappa shape index (κ2) is 6.39. The average molecular weight is 295 g/mol. The van der Waals surface area contributed by atoms with E-state index in [4.69, 9.17) is 0 Å². The standard InChI is InChI=1S/C15H21NO3S/c1-12-5-2-3-7-14(12)15(17)16-9-4-6-13-8-10-20(18,19)11-13/h2-3,5,7,13H,4,6,8-11H2,1H3,(H,16,17). The zero-order valence-electron chi connectivity index (χ0n) is 11.8. The molecule has 1 aromatic carbocycles. The number of carbonyl (C=O) groups is 1. The SMILES string of the molecule is Cc1ccccc1C(=O)NCCCC1CCS(=O)(=O)C1. The Balaban J connectivity index is 1.72. The predicted octanol–water partition coefficient (Wildman–Crippen LogP) is 1.94. The third-order valence-corrected chi connectivity index (χ3v) is 5.63. The minimum atomic E-state index is -2.78. The van der Waals surface area contributed by atoms with E-state index in [1.165, 1.54) is 0 Å². The van der Waals surface area contributed by atoms with E-state index in [2.05, 4.69) is 5.32 Å². The molecule has 1 heterocycles. The molecule has 1 aliphatic rings. The Bertz CT molecular complexity index is 581. The van der Waals surface area contributed by atoms with Crippen molar-refractivity contribution >= 4 is 15.7 Å². The van der Waals surface area contributed by atoms with Crippen molar-refractivity contribution in [3.05, 3.63) is 35.4 Å². The first-order chi connectivity index (χ1) is 9.48. The normalized spacial score (nSPS) is 20.8. The molecule has 20 heavy (non-hydrogen) atoms. The Kier molecular flexibility index (Phi) is 4.81. The number of benzene rings is 1. The summed E-state index contributed by atoms with van der Waals surface area (Å²) in [6.07, 6.45) is 2.47. The summed E-state index contributed by atoms with van der Waals surface area (Å²) in [5.41, 5.74) is 1.67. The number of sulfone groups is 1. The van der Waals surface area contributed by atoms with Crippen LogP contribution in [0.3, 0.4) is 0 Å². The zero-order chi connectivity index (χ0) is 14.6. The molecule has 1 saturated heterocycles. The van der Waals surface area contributed by atoms with Crippen molar-refractivity contribution in [1.29, 1.82) is 0 Å². The molecule has 5 heteroatoms. The number of nitrogens with one attached hydrogen (secondary N) is 1. The maximum absolute atomic E-state index is 12.0. The molecule has 0 saturated carbocycles. The second-order valence-electron chi connectivity index (χ2n) is 5.48. The van der Waals surface area contributed by atoms with Crippen molar-refractivity contribution in [2.24, 2.45) is 5.92 Å². The monoisotopic (exact) mass is 295 g/mol.